The Morgan fingerprint density at radius 1 is 1.56 bits per heavy atom. The molecule has 1 aromatic rings. The standard InChI is InChI=1S/C12H19N3O/c1-9(2)15-7-6-13-11(12(15)16)14-8-10-4-3-5-10/h6-7,9-10H,3-5,8H2,1-2H3,(H,13,14). The molecule has 0 spiro atoms. The lowest BCUT2D eigenvalue weighted by molar-refractivity contribution is 0.333. The number of hydrogen-bond acceptors (Lipinski definition) is 3. The van der Waals surface area contributed by atoms with Gasteiger partial charge in [0.2, 0.25) is 0 Å². The molecule has 16 heavy (non-hydrogen) atoms. The van der Waals surface area contributed by atoms with Crippen LogP contribution in [0.2, 0.25) is 0 Å². The van der Waals surface area contributed by atoms with Crippen LogP contribution >= 0.6 is 0 Å². The van der Waals surface area contributed by atoms with Crippen molar-refractivity contribution in [3.05, 3.63) is 22.7 Å². The van der Waals surface area contributed by atoms with Crippen molar-refractivity contribution >= 4 is 5.82 Å². The first-order valence-electron chi connectivity index (χ1n) is 5.99. The molecular formula is C12H19N3O. The average Bonchev–Trinajstić information content (AvgIpc) is 2.17. The van der Waals surface area contributed by atoms with Gasteiger partial charge in [0.25, 0.3) is 5.56 Å². The molecule has 1 N–H and O–H groups in total. The van der Waals surface area contributed by atoms with Gasteiger partial charge in [-0.2, -0.15) is 0 Å². The lowest BCUT2D eigenvalue weighted by Crippen LogP contribution is -2.29. The van der Waals surface area contributed by atoms with Gasteiger partial charge in [-0.25, -0.2) is 4.98 Å². The Balaban J connectivity index is 2.08. The lowest BCUT2D eigenvalue weighted by Gasteiger charge is -2.25. The monoisotopic (exact) mass is 221 g/mol. The molecule has 0 radical (unpaired) electrons. The molecule has 88 valence electrons. The summed E-state index contributed by atoms with van der Waals surface area (Å²) in [5, 5.41) is 3.17. The van der Waals surface area contributed by atoms with Crippen LogP contribution in [0, 0.1) is 5.92 Å². The molecule has 1 aliphatic carbocycles. The van der Waals surface area contributed by atoms with Gasteiger partial charge in [0.15, 0.2) is 5.82 Å². The Bertz CT molecular complexity index is 407. The summed E-state index contributed by atoms with van der Waals surface area (Å²) in [7, 11) is 0. The molecule has 2 rings (SSSR count). The summed E-state index contributed by atoms with van der Waals surface area (Å²) < 4.78 is 1.70. The van der Waals surface area contributed by atoms with E-state index in [0.717, 1.165) is 12.5 Å². The number of anilines is 1. The summed E-state index contributed by atoms with van der Waals surface area (Å²) in [4.78, 5) is 16.1. The Hall–Kier alpha value is -1.32. The summed E-state index contributed by atoms with van der Waals surface area (Å²) in [5.41, 5.74) is -0.0168. The van der Waals surface area contributed by atoms with E-state index in [0.29, 0.717) is 5.82 Å². The normalized spacial score (nSPS) is 16.2. The van der Waals surface area contributed by atoms with Crippen LogP contribution in [-0.4, -0.2) is 16.1 Å². The van der Waals surface area contributed by atoms with Gasteiger partial charge in [0.1, 0.15) is 0 Å². The molecule has 0 saturated heterocycles. The molecule has 1 fully saturated rings. The number of aromatic nitrogens is 2. The van der Waals surface area contributed by atoms with Crippen LogP contribution in [0.4, 0.5) is 5.82 Å². The van der Waals surface area contributed by atoms with Gasteiger partial charge in [0.05, 0.1) is 0 Å². The molecule has 1 aliphatic rings. The smallest absolute Gasteiger partial charge is 0.293 e. The van der Waals surface area contributed by atoms with E-state index in [1.807, 2.05) is 13.8 Å². The van der Waals surface area contributed by atoms with Gasteiger partial charge < -0.3 is 9.88 Å². The van der Waals surface area contributed by atoms with Gasteiger partial charge in [-0.15, -0.1) is 0 Å². The molecule has 1 aromatic heterocycles. The molecule has 4 heteroatoms. The summed E-state index contributed by atoms with van der Waals surface area (Å²) in [6, 6.07) is 0.180. The van der Waals surface area contributed by atoms with E-state index in [1.165, 1.54) is 19.3 Å². The van der Waals surface area contributed by atoms with Crippen LogP contribution in [0.3, 0.4) is 0 Å². The van der Waals surface area contributed by atoms with Crippen LogP contribution in [0.5, 0.6) is 0 Å². The fourth-order valence-corrected chi connectivity index (χ4v) is 1.89. The molecule has 1 heterocycles. The van der Waals surface area contributed by atoms with E-state index < -0.39 is 0 Å². The molecule has 0 unspecified atom stereocenters. The van der Waals surface area contributed by atoms with E-state index in [1.54, 1.807) is 17.0 Å². The molecule has 4 nitrogen and oxygen atoms in total. The second-order valence-corrected chi connectivity index (χ2v) is 4.76. The van der Waals surface area contributed by atoms with Crippen molar-refractivity contribution in [2.75, 3.05) is 11.9 Å². The largest absolute Gasteiger partial charge is 0.365 e. The zero-order valence-electron chi connectivity index (χ0n) is 9.94. The lowest BCUT2D eigenvalue weighted by atomic mass is 9.85. The predicted octanol–water partition coefficient (Wildman–Crippen LogP) is 2.04. The third-order valence-electron chi connectivity index (χ3n) is 3.21. The SMILES string of the molecule is CC(C)n1ccnc(NCC2CCC2)c1=O. The van der Waals surface area contributed by atoms with Crippen LogP contribution in [0.1, 0.15) is 39.2 Å². The van der Waals surface area contributed by atoms with Gasteiger partial charge in [-0.05, 0) is 32.6 Å². The second-order valence-electron chi connectivity index (χ2n) is 4.76. The first-order valence-corrected chi connectivity index (χ1v) is 5.99. The molecule has 0 aliphatic heterocycles. The van der Waals surface area contributed by atoms with Crippen molar-refractivity contribution < 1.29 is 0 Å². The van der Waals surface area contributed by atoms with Crippen molar-refractivity contribution in [2.45, 2.75) is 39.2 Å². The van der Waals surface area contributed by atoms with Crippen molar-refractivity contribution in [3.8, 4) is 0 Å². The van der Waals surface area contributed by atoms with E-state index in [2.05, 4.69) is 10.3 Å². The number of hydrogen-bond donors (Lipinski definition) is 1. The van der Waals surface area contributed by atoms with E-state index >= 15 is 0 Å². The highest BCUT2D eigenvalue weighted by molar-refractivity contribution is 5.31. The van der Waals surface area contributed by atoms with Gasteiger partial charge >= 0.3 is 0 Å². The second kappa shape index (κ2) is 4.68. The molecule has 0 bridgehead atoms. The molecular weight excluding hydrogens is 202 g/mol. The Labute approximate surface area is 95.7 Å². The van der Waals surface area contributed by atoms with Crippen molar-refractivity contribution in [1.29, 1.82) is 0 Å². The van der Waals surface area contributed by atoms with E-state index in [-0.39, 0.29) is 11.6 Å². The van der Waals surface area contributed by atoms with Crippen molar-refractivity contribution in [1.82, 2.24) is 9.55 Å². The van der Waals surface area contributed by atoms with Gasteiger partial charge in [0, 0.05) is 25.0 Å². The van der Waals surface area contributed by atoms with Crippen LogP contribution in [0.15, 0.2) is 17.2 Å². The average molecular weight is 221 g/mol. The molecule has 0 amide bonds. The minimum Gasteiger partial charge on any atom is -0.365 e. The number of nitrogens with one attached hydrogen (secondary N) is 1. The topological polar surface area (TPSA) is 46.9 Å². The van der Waals surface area contributed by atoms with E-state index in [9.17, 15) is 4.79 Å². The fourth-order valence-electron chi connectivity index (χ4n) is 1.89. The summed E-state index contributed by atoms with van der Waals surface area (Å²) in [6.07, 6.45) is 7.30. The van der Waals surface area contributed by atoms with Crippen LogP contribution in [0.25, 0.3) is 0 Å². The van der Waals surface area contributed by atoms with Crippen LogP contribution in [-0.2, 0) is 0 Å². The fraction of sp³-hybridized carbons (Fsp3) is 0.667. The maximum absolute atomic E-state index is 12.0. The van der Waals surface area contributed by atoms with E-state index in [4.69, 9.17) is 0 Å². The highest BCUT2D eigenvalue weighted by Crippen LogP contribution is 2.25. The number of nitrogens with zero attached hydrogens (tertiary/aromatic N) is 2. The molecule has 0 atom stereocenters. The highest BCUT2D eigenvalue weighted by Gasteiger charge is 2.17. The van der Waals surface area contributed by atoms with Crippen molar-refractivity contribution in [2.24, 2.45) is 5.92 Å². The minimum atomic E-state index is -0.0168. The first-order chi connectivity index (χ1) is 7.68. The quantitative estimate of drug-likeness (QED) is 0.846. The van der Waals surface area contributed by atoms with Gasteiger partial charge in [-0.1, -0.05) is 6.42 Å². The zero-order chi connectivity index (χ0) is 11.5. The summed E-state index contributed by atoms with van der Waals surface area (Å²) in [6.45, 7) is 4.87. The third-order valence-corrected chi connectivity index (χ3v) is 3.21. The van der Waals surface area contributed by atoms with Crippen LogP contribution < -0.4 is 10.9 Å². The maximum atomic E-state index is 12.0. The van der Waals surface area contributed by atoms with Gasteiger partial charge in [-0.3, -0.25) is 4.79 Å². The summed E-state index contributed by atoms with van der Waals surface area (Å²) >= 11 is 0. The first kappa shape index (κ1) is 11.2. The maximum Gasteiger partial charge on any atom is 0.293 e. The van der Waals surface area contributed by atoms with Crippen molar-refractivity contribution in [3.63, 3.8) is 0 Å². The molecule has 0 aromatic carbocycles. The third kappa shape index (κ3) is 2.26. The number of rotatable bonds is 4. The molecule has 1 saturated carbocycles. The Morgan fingerprint density at radius 3 is 2.88 bits per heavy atom. The summed E-state index contributed by atoms with van der Waals surface area (Å²) in [5.74, 6) is 1.22. The Kier molecular flexibility index (Phi) is 3.27. The zero-order valence-corrected chi connectivity index (χ0v) is 9.94. The Morgan fingerprint density at radius 2 is 2.31 bits per heavy atom. The minimum absolute atomic E-state index is 0.0168. The predicted molar refractivity (Wildman–Crippen MR) is 64.7 cm³/mol. The highest BCUT2D eigenvalue weighted by atomic mass is 16.1.